The molecule has 4 nitrogen and oxygen atoms in total. The first-order valence-corrected chi connectivity index (χ1v) is 6.25. The lowest BCUT2D eigenvalue weighted by Crippen LogP contribution is -2.33. The highest BCUT2D eigenvalue weighted by molar-refractivity contribution is 5.94. The molecule has 0 spiro atoms. The number of esters is 1. The Balaban J connectivity index is 2.58. The highest BCUT2D eigenvalue weighted by Gasteiger charge is 2.34. The van der Waals surface area contributed by atoms with Gasteiger partial charge >= 0.3 is 11.9 Å². The predicted octanol–water partition coefficient (Wildman–Crippen LogP) is 2.61. The van der Waals surface area contributed by atoms with Crippen LogP contribution in [0.1, 0.15) is 52.9 Å². The van der Waals surface area contributed by atoms with Gasteiger partial charge < -0.3 is 9.84 Å². The molecular formula is C13H22O4. The highest BCUT2D eigenvalue weighted by atomic mass is 16.6. The van der Waals surface area contributed by atoms with Crippen molar-refractivity contribution in [2.45, 2.75) is 58.5 Å². The molecule has 1 N–H and O–H groups in total. The molecule has 1 atom stereocenters. The van der Waals surface area contributed by atoms with E-state index in [-0.39, 0.29) is 0 Å². The maximum atomic E-state index is 11.8. The summed E-state index contributed by atoms with van der Waals surface area (Å²) >= 11 is 0. The molecule has 0 aromatic heterocycles. The van der Waals surface area contributed by atoms with Crippen molar-refractivity contribution in [3.63, 3.8) is 0 Å². The molecule has 0 heterocycles. The van der Waals surface area contributed by atoms with Crippen molar-refractivity contribution in [2.75, 3.05) is 0 Å². The maximum Gasteiger partial charge on any atom is 0.320 e. The molecule has 1 aliphatic rings. The average molecular weight is 242 g/mol. The Morgan fingerprint density at radius 2 is 1.82 bits per heavy atom. The van der Waals surface area contributed by atoms with Crippen LogP contribution < -0.4 is 0 Å². The zero-order valence-electron chi connectivity index (χ0n) is 10.9. The molecule has 1 fully saturated rings. The Bertz CT molecular complexity index is 284. The van der Waals surface area contributed by atoms with E-state index in [4.69, 9.17) is 9.84 Å². The van der Waals surface area contributed by atoms with E-state index in [1.165, 1.54) is 0 Å². The number of hydrogen-bond acceptors (Lipinski definition) is 3. The van der Waals surface area contributed by atoms with Crippen LogP contribution >= 0.6 is 0 Å². The van der Waals surface area contributed by atoms with Crippen LogP contribution in [0.2, 0.25) is 0 Å². The lowest BCUT2D eigenvalue weighted by molar-refractivity contribution is -0.167. The highest BCUT2D eigenvalue weighted by Crippen LogP contribution is 2.31. The minimum atomic E-state index is -1.06. The summed E-state index contributed by atoms with van der Waals surface area (Å²) in [6.45, 7) is 5.25. The first kappa shape index (κ1) is 14.0. The van der Waals surface area contributed by atoms with E-state index in [0.29, 0.717) is 12.3 Å². The number of hydrogen-bond donors (Lipinski definition) is 1. The number of ether oxygens (including phenoxy) is 1. The lowest BCUT2D eigenvalue weighted by atomic mass is 9.93. The van der Waals surface area contributed by atoms with Crippen molar-refractivity contribution in [1.82, 2.24) is 0 Å². The van der Waals surface area contributed by atoms with Gasteiger partial charge in [0.1, 0.15) is 5.60 Å². The van der Waals surface area contributed by atoms with E-state index in [1.54, 1.807) is 20.8 Å². The molecule has 1 aliphatic carbocycles. The third-order valence-electron chi connectivity index (χ3n) is 3.03. The van der Waals surface area contributed by atoms with Crippen molar-refractivity contribution < 1.29 is 19.4 Å². The zero-order valence-corrected chi connectivity index (χ0v) is 10.9. The smallest absolute Gasteiger partial charge is 0.320 e. The molecular weight excluding hydrogens is 220 g/mol. The van der Waals surface area contributed by atoms with Crippen LogP contribution in [-0.4, -0.2) is 22.6 Å². The standard InChI is InChI=1S/C13H22O4/c1-13(2,3)17-12(16)10(11(14)15)8-9-6-4-5-7-9/h9-10H,4-8H2,1-3H3,(H,14,15)/t10-/m0/s1. The summed E-state index contributed by atoms with van der Waals surface area (Å²) in [6.07, 6.45) is 4.78. The van der Waals surface area contributed by atoms with Gasteiger partial charge in [-0.1, -0.05) is 25.7 Å². The van der Waals surface area contributed by atoms with Gasteiger partial charge in [-0.2, -0.15) is 0 Å². The first-order valence-electron chi connectivity index (χ1n) is 6.25. The number of carbonyl (C=O) groups is 2. The average Bonchev–Trinajstić information content (AvgIpc) is 2.62. The van der Waals surface area contributed by atoms with Crippen LogP contribution in [-0.2, 0) is 14.3 Å². The molecule has 0 aliphatic heterocycles. The molecule has 1 saturated carbocycles. The summed E-state index contributed by atoms with van der Waals surface area (Å²) in [6, 6.07) is 0. The van der Waals surface area contributed by atoms with Gasteiger partial charge in [-0.15, -0.1) is 0 Å². The Hall–Kier alpha value is -1.06. The predicted molar refractivity (Wildman–Crippen MR) is 63.5 cm³/mol. The minimum Gasteiger partial charge on any atom is -0.481 e. The molecule has 0 bridgehead atoms. The van der Waals surface area contributed by atoms with Gasteiger partial charge in [-0.05, 0) is 33.1 Å². The Morgan fingerprint density at radius 1 is 1.29 bits per heavy atom. The minimum absolute atomic E-state index is 0.364. The van der Waals surface area contributed by atoms with Crippen LogP contribution in [0.4, 0.5) is 0 Å². The molecule has 0 unspecified atom stereocenters. The fourth-order valence-electron chi connectivity index (χ4n) is 2.25. The van der Waals surface area contributed by atoms with E-state index in [2.05, 4.69) is 0 Å². The quantitative estimate of drug-likeness (QED) is 0.608. The molecule has 98 valence electrons. The number of rotatable bonds is 4. The summed E-state index contributed by atoms with van der Waals surface area (Å²) < 4.78 is 5.15. The largest absolute Gasteiger partial charge is 0.481 e. The van der Waals surface area contributed by atoms with E-state index in [0.717, 1.165) is 25.7 Å². The van der Waals surface area contributed by atoms with Gasteiger partial charge in [0.15, 0.2) is 5.92 Å². The van der Waals surface area contributed by atoms with Crippen LogP contribution in [0, 0.1) is 11.8 Å². The molecule has 0 aromatic carbocycles. The van der Waals surface area contributed by atoms with Crippen molar-refractivity contribution >= 4 is 11.9 Å². The van der Waals surface area contributed by atoms with Gasteiger partial charge in [0.25, 0.3) is 0 Å². The molecule has 0 amide bonds. The van der Waals surface area contributed by atoms with E-state index in [9.17, 15) is 9.59 Å². The number of carbonyl (C=O) groups excluding carboxylic acids is 1. The molecule has 17 heavy (non-hydrogen) atoms. The molecule has 0 saturated heterocycles. The van der Waals surface area contributed by atoms with E-state index >= 15 is 0 Å². The Kier molecular flexibility index (Phi) is 4.54. The Morgan fingerprint density at radius 3 is 2.24 bits per heavy atom. The van der Waals surface area contributed by atoms with Crippen molar-refractivity contribution in [3.05, 3.63) is 0 Å². The molecule has 1 rings (SSSR count). The van der Waals surface area contributed by atoms with Crippen LogP contribution in [0.25, 0.3) is 0 Å². The van der Waals surface area contributed by atoms with Crippen LogP contribution in [0.15, 0.2) is 0 Å². The van der Waals surface area contributed by atoms with Crippen molar-refractivity contribution in [1.29, 1.82) is 0 Å². The van der Waals surface area contributed by atoms with E-state index in [1.807, 2.05) is 0 Å². The normalized spacial score (nSPS) is 19.0. The second kappa shape index (κ2) is 5.52. The number of aliphatic carboxylic acids is 1. The third kappa shape index (κ3) is 4.75. The Labute approximate surface area is 102 Å². The topological polar surface area (TPSA) is 63.6 Å². The number of carboxylic acids is 1. The molecule has 0 aromatic rings. The van der Waals surface area contributed by atoms with Crippen LogP contribution in [0.5, 0.6) is 0 Å². The zero-order chi connectivity index (χ0) is 13.1. The fraction of sp³-hybridized carbons (Fsp3) is 0.846. The third-order valence-corrected chi connectivity index (χ3v) is 3.03. The van der Waals surface area contributed by atoms with Crippen molar-refractivity contribution in [3.8, 4) is 0 Å². The molecule has 4 heteroatoms. The summed E-state index contributed by atoms with van der Waals surface area (Å²) in [5.41, 5.74) is -0.625. The summed E-state index contributed by atoms with van der Waals surface area (Å²) in [4.78, 5) is 22.9. The maximum absolute atomic E-state index is 11.8. The second-order valence-electron chi connectivity index (χ2n) is 5.81. The lowest BCUT2D eigenvalue weighted by Gasteiger charge is -2.23. The van der Waals surface area contributed by atoms with Crippen LogP contribution in [0.3, 0.4) is 0 Å². The summed E-state index contributed by atoms with van der Waals surface area (Å²) in [5.74, 6) is -2.30. The van der Waals surface area contributed by atoms with Crippen molar-refractivity contribution in [2.24, 2.45) is 11.8 Å². The van der Waals surface area contributed by atoms with E-state index < -0.39 is 23.5 Å². The van der Waals surface area contributed by atoms with Gasteiger partial charge in [0.2, 0.25) is 0 Å². The number of carboxylic acid groups (broad SMARTS) is 1. The summed E-state index contributed by atoms with van der Waals surface area (Å²) in [7, 11) is 0. The SMILES string of the molecule is CC(C)(C)OC(=O)[C@@H](CC1CCCC1)C(=O)O. The first-order chi connectivity index (χ1) is 7.79. The van der Waals surface area contributed by atoms with Gasteiger partial charge in [-0.3, -0.25) is 9.59 Å². The summed E-state index contributed by atoms with van der Waals surface area (Å²) in [5, 5.41) is 9.10. The molecule has 0 radical (unpaired) electrons. The van der Waals surface area contributed by atoms with Gasteiger partial charge in [0.05, 0.1) is 0 Å². The van der Waals surface area contributed by atoms with Gasteiger partial charge in [0, 0.05) is 0 Å². The fourth-order valence-corrected chi connectivity index (χ4v) is 2.25. The second-order valence-corrected chi connectivity index (χ2v) is 5.81. The van der Waals surface area contributed by atoms with Gasteiger partial charge in [-0.25, -0.2) is 0 Å². The monoisotopic (exact) mass is 242 g/mol.